The van der Waals surface area contributed by atoms with E-state index in [1.165, 1.54) is 5.56 Å². The normalized spacial score (nSPS) is 16.2. The molecule has 1 heterocycles. The third-order valence-electron chi connectivity index (χ3n) is 4.85. The van der Waals surface area contributed by atoms with Crippen LogP contribution in [0.1, 0.15) is 38.7 Å². The first-order valence-corrected chi connectivity index (χ1v) is 11.8. The van der Waals surface area contributed by atoms with Crippen LogP contribution in [0.5, 0.6) is 5.75 Å². The highest BCUT2D eigenvalue weighted by Gasteiger charge is 2.26. The van der Waals surface area contributed by atoms with Gasteiger partial charge in [-0.3, -0.25) is 4.99 Å². The Bertz CT molecular complexity index is 735. The molecule has 9 heteroatoms. The summed E-state index contributed by atoms with van der Waals surface area (Å²) >= 11 is 0. The summed E-state index contributed by atoms with van der Waals surface area (Å²) in [6.07, 6.45) is 3.45. The van der Waals surface area contributed by atoms with Gasteiger partial charge in [0.25, 0.3) is 0 Å². The molecule has 0 spiro atoms. The summed E-state index contributed by atoms with van der Waals surface area (Å²) in [6, 6.07) is 8.42. The second-order valence-electron chi connectivity index (χ2n) is 6.96. The van der Waals surface area contributed by atoms with Crippen molar-refractivity contribution in [1.82, 2.24) is 14.9 Å². The van der Waals surface area contributed by atoms with E-state index in [2.05, 4.69) is 34.7 Å². The molecule has 0 radical (unpaired) electrons. The molecule has 0 aromatic heterocycles. The minimum atomic E-state index is -3.08. The number of nitrogens with zero attached hydrogens (tertiary/aromatic N) is 2. The summed E-state index contributed by atoms with van der Waals surface area (Å²) in [5.41, 5.74) is 1.22. The van der Waals surface area contributed by atoms with Gasteiger partial charge in [0.05, 0.1) is 12.4 Å². The van der Waals surface area contributed by atoms with Gasteiger partial charge >= 0.3 is 0 Å². The van der Waals surface area contributed by atoms with Crippen LogP contribution in [0, 0.1) is 0 Å². The highest BCUT2D eigenvalue weighted by atomic mass is 127. The van der Waals surface area contributed by atoms with Crippen molar-refractivity contribution in [3.8, 4) is 5.75 Å². The summed E-state index contributed by atoms with van der Waals surface area (Å²) in [5.74, 6) is 1.84. The van der Waals surface area contributed by atoms with E-state index in [1.807, 2.05) is 12.1 Å². The summed E-state index contributed by atoms with van der Waals surface area (Å²) < 4.78 is 31.2. The number of ether oxygens (including phenoxy) is 1. The number of hydrogen-bond donors (Lipinski definition) is 2. The monoisotopic (exact) mass is 538 g/mol. The second-order valence-corrected chi connectivity index (χ2v) is 9.22. The average molecular weight is 538 g/mol. The number of hydrogen-bond acceptors (Lipinski definition) is 4. The molecular formula is C20H35IN4O3S. The standard InChI is InChI=1S/C20H34N4O3S.HI/c1-4-15-27-19-8-6-7-17(16-19)9-12-22-20(21-3)23-18-10-13-24(14-11-18)28(25,26)5-2;/h6-8,16,18H,4-5,9-15H2,1-3H3,(H2,21,22,23);1H. The van der Waals surface area contributed by atoms with Crippen LogP contribution in [0.2, 0.25) is 0 Å². The lowest BCUT2D eigenvalue weighted by Gasteiger charge is -2.32. The van der Waals surface area contributed by atoms with E-state index in [4.69, 9.17) is 4.74 Å². The topological polar surface area (TPSA) is 83.0 Å². The van der Waals surface area contributed by atoms with Gasteiger partial charge in [0, 0.05) is 32.7 Å². The number of benzene rings is 1. The second kappa shape index (κ2) is 13.3. The number of rotatable bonds is 9. The van der Waals surface area contributed by atoms with Crippen molar-refractivity contribution < 1.29 is 13.2 Å². The van der Waals surface area contributed by atoms with E-state index in [1.54, 1.807) is 18.3 Å². The molecule has 1 aliphatic rings. The molecule has 2 rings (SSSR count). The van der Waals surface area contributed by atoms with Crippen LogP contribution in [0.25, 0.3) is 0 Å². The fourth-order valence-corrected chi connectivity index (χ4v) is 4.32. The number of guanidine groups is 1. The molecule has 1 saturated heterocycles. The average Bonchev–Trinajstić information content (AvgIpc) is 2.72. The highest BCUT2D eigenvalue weighted by Crippen LogP contribution is 2.15. The first-order chi connectivity index (χ1) is 13.5. The number of aliphatic imine (C=N–C) groups is 1. The maximum absolute atomic E-state index is 12.0. The predicted octanol–water partition coefficient (Wildman–Crippen LogP) is 2.62. The van der Waals surface area contributed by atoms with Crippen molar-refractivity contribution in [2.24, 2.45) is 4.99 Å². The Labute approximate surface area is 192 Å². The maximum atomic E-state index is 12.0. The molecule has 1 aromatic rings. The van der Waals surface area contributed by atoms with Crippen LogP contribution < -0.4 is 15.4 Å². The number of sulfonamides is 1. The quantitative estimate of drug-likeness (QED) is 0.287. The summed E-state index contributed by atoms with van der Waals surface area (Å²) in [5, 5.41) is 6.76. The van der Waals surface area contributed by atoms with Crippen LogP contribution in [-0.4, -0.2) is 63.8 Å². The van der Waals surface area contributed by atoms with Crippen molar-refractivity contribution in [2.45, 2.75) is 45.6 Å². The smallest absolute Gasteiger partial charge is 0.213 e. The van der Waals surface area contributed by atoms with Gasteiger partial charge in [-0.2, -0.15) is 0 Å². The molecule has 0 bridgehead atoms. The molecule has 29 heavy (non-hydrogen) atoms. The van der Waals surface area contributed by atoms with E-state index in [0.717, 1.165) is 50.5 Å². The molecule has 0 atom stereocenters. The Morgan fingerprint density at radius 2 is 2.00 bits per heavy atom. The van der Waals surface area contributed by atoms with E-state index in [-0.39, 0.29) is 35.8 Å². The van der Waals surface area contributed by atoms with Crippen molar-refractivity contribution in [3.05, 3.63) is 29.8 Å². The predicted molar refractivity (Wildman–Crippen MR) is 130 cm³/mol. The van der Waals surface area contributed by atoms with E-state index >= 15 is 0 Å². The van der Waals surface area contributed by atoms with Crippen molar-refractivity contribution in [3.63, 3.8) is 0 Å². The number of nitrogens with one attached hydrogen (secondary N) is 2. The molecule has 0 amide bonds. The van der Waals surface area contributed by atoms with Gasteiger partial charge in [-0.05, 0) is 50.3 Å². The highest BCUT2D eigenvalue weighted by molar-refractivity contribution is 14.0. The summed E-state index contributed by atoms with van der Waals surface area (Å²) in [7, 11) is -1.33. The lowest BCUT2D eigenvalue weighted by Crippen LogP contribution is -2.50. The minimum absolute atomic E-state index is 0. The van der Waals surface area contributed by atoms with Crippen LogP contribution >= 0.6 is 24.0 Å². The van der Waals surface area contributed by atoms with E-state index < -0.39 is 10.0 Å². The first-order valence-electron chi connectivity index (χ1n) is 10.1. The Balaban J connectivity index is 0.00000420. The van der Waals surface area contributed by atoms with Gasteiger partial charge < -0.3 is 15.4 Å². The molecule has 7 nitrogen and oxygen atoms in total. The van der Waals surface area contributed by atoms with Gasteiger partial charge in [0.2, 0.25) is 10.0 Å². The molecule has 0 unspecified atom stereocenters. The van der Waals surface area contributed by atoms with Gasteiger partial charge in [-0.1, -0.05) is 19.1 Å². The van der Waals surface area contributed by atoms with Gasteiger partial charge in [0.1, 0.15) is 5.75 Å². The Hall–Kier alpha value is -1.07. The fourth-order valence-electron chi connectivity index (χ4n) is 3.18. The first kappa shape index (κ1) is 26.0. The van der Waals surface area contributed by atoms with Crippen molar-refractivity contribution >= 4 is 40.0 Å². The van der Waals surface area contributed by atoms with Crippen LogP contribution in [-0.2, 0) is 16.4 Å². The van der Waals surface area contributed by atoms with E-state index in [9.17, 15) is 8.42 Å². The SMILES string of the molecule is CCCOc1cccc(CCNC(=NC)NC2CCN(S(=O)(=O)CC)CC2)c1.I. The lowest BCUT2D eigenvalue weighted by molar-refractivity contribution is 0.306. The van der Waals surface area contributed by atoms with Gasteiger partial charge in [-0.25, -0.2) is 12.7 Å². The van der Waals surface area contributed by atoms with Crippen LogP contribution in [0.4, 0.5) is 0 Å². The third-order valence-corrected chi connectivity index (χ3v) is 6.74. The lowest BCUT2D eigenvalue weighted by atomic mass is 10.1. The molecule has 0 saturated carbocycles. The number of halogens is 1. The molecule has 0 aliphatic carbocycles. The van der Waals surface area contributed by atoms with Crippen molar-refractivity contribution in [1.29, 1.82) is 0 Å². The Morgan fingerprint density at radius 1 is 1.28 bits per heavy atom. The molecular weight excluding hydrogens is 503 g/mol. The van der Waals surface area contributed by atoms with Crippen LogP contribution in [0.15, 0.2) is 29.3 Å². The molecule has 2 N–H and O–H groups in total. The third kappa shape index (κ3) is 8.67. The zero-order valence-electron chi connectivity index (χ0n) is 17.7. The maximum Gasteiger partial charge on any atom is 0.213 e. The molecule has 1 aromatic carbocycles. The largest absolute Gasteiger partial charge is 0.494 e. The fraction of sp³-hybridized carbons (Fsp3) is 0.650. The number of piperidine rings is 1. The van der Waals surface area contributed by atoms with Gasteiger partial charge in [0.15, 0.2) is 5.96 Å². The minimum Gasteiger partial charge on any atom is -0.494 e. The van der Waals surface area contributed by atoms with Crippen LogP contribution in [0.3, 0.4) is 0 Å². The Morgan fingerprint density at radius 3 is 2.62 bits per heavy atom. The molecule has 166 valence electrons. The van der Waals surface area contributed by atoms with Gasteiger partial charge in [-0.15, -0.1) is 24.0 Å². The molecule has 1 aliphatic heterocycles. The summed E-state index contributed by atoms with van der Waals surface area (Å²) in [4.78, 5) is 4.29. The Kier molecular flexibility index (Phi) is 11.9. The zero-order valence-corrected chi connectivity index (χ0v) is 20.8. The van der Waals surface area contributed by atoms with E-state index in [0.29, 0.717) is 13.1 Å². The molecule has 1 fully saturated rings. The summed E-state index contributed by atoms with van der Waals surface area (Å²) in [6.45, 7) is 6.41. The van der Waals surface area contributed by atoms with Crippen molar-refractivity contribution in [2.75, 3.05) is 39.0 Å². The zero-order chi connectivity index (χ0) is 20.4.